The topological polar surface area (TPSA) is 74.6 Å². The maximum atomic E-state index is 12.3. The molecule has 0 amide bonds. The largest absolute Gasteiger partial charge is 0.511 e. The monoisotopic (exact) mass is 232 g/mol. The molecule has 17 heavy (non-hydrogen) atoms. The van der Waals surface area contributed by atoms with Gasteiger partial charge >= 0.3 is 5.97 Å². The number of ketones is 1. The second kappa shape index (κ2) is 2.16. The van der Waals surface area contributed by atoms with Gasteiger partial charge < -0.3 is 10.2 Å². The molecule has 2 bridgehead atoms. The second-order valence-corrected chi connectivity index (χ2v) is 6.33. The van der Waals surface area contributed by atoms with Crippen molar-refractivity contribution in [1.82, 2.24) is 0 Å². The normalized spacial score (nSPS) is 60.1. The van der Waals surface area contributed by atoms with Gasteiger partial charge in [0.1, 0.15) is 11.5 Å². The number of Topliss-reactive ketones (excluding diaryl/α,β-unsaturated/α-hetero) is 1. The summed E-state index contributed by atoms with van der Waals surface area (Å²) < 4.78 is 0. The molecule has 5 rings (SSSR count). The van der Waals surface area contributed by atoms with Gasteiger partial charge in [-0.15, -0.1) is 0 Å². The van der Waals surface area contributed by atoms with Crippen molar-refractivity contribution in [1.29, 1.82) is 0 Å². The third kappa shape index (κ3) is 0.601. The van der Waals surface area contributed by atoms with Crippen molar-refractivity contribution >= 4 is 11.8 Å². The average Bonchev–Trinajstić information content (AvgIpc) is 2.68. The summed E-state index contributed by atoms with van der Waals surface area (Å²) in [6.07, 6.45) is 1.02. The van der Waals surface area contributed by atoms with Gasteiger partial charge in [-0.05, 0) is 30.1 Å². The van der Waals surface area contributed by atoms with E-state index in [9.17, 15) is 19.8 Å². The lowest BCUT2D eigenvalue weighted by molar-refractivity contribution is -0.136. The van der Waals surface area contributed by atoms with E-state index in [0.717, 1.165) is 6.42 Å². The highest BCUT2D eigenvalue weighted by atomic mass is 16.4. The van der Waals surface area contributed by atoms with Gasteiger partial charge in [-0.2, -0.15) is 0 Å². The summed E-state index contributed by atoms with van der Waals surface area (Å²) in [5.74, 6) is 0.560. The minimum absolute atomic E-state index is 0.0400. The van der Waals surface area contributed by atoms with E-state index in [0.29, 0.717) is 23.7 Å². The van der Waals surface area contributed by atoms with E-state index in [-0.39, 0.29) is 40.8 Å². The fraction of sp³-hybridized carbons (Fsp3) is 0.692. The lowest BCUT2D eigenvalue weighted by atomic mass is 9.50. The predicted molar refractivity (Wildman–Crippen MR) is 54.8 cm³/mol. The number of aliphatic hydroxyl groups excluding tert-OH is 1. The number of allylic oxidation sites excluding steroid dienone is 1. The standard InChI is InChI=1S/C13H12O4/c14-11-7-3-1-2-4-5(3)8(11)9(4)12(15)10(6(2)7)13(16)17/h2-9,15H,1H2,(H,16,17). The molecule has 0 aliphatic heterocycles. The Morgan fingerprint density at radius 2 is 1.71 bits per heavy atom. The smallest absolute Gasteiger partial charge is 0.335 e. The van der Waals surface area contributed by atoms with E-state index >= 15 is 0 Å². The van der Waals surface area contributed by atoms with Gasteiger partial charge in [-0.3, -0.25) is 4.79 Å². The van der Waals surface area contributed by atoms with Crippen LogP contribution in [0.1, 0.15) is 6.42 Å². The number of hydrogen-bond acceptors (Lipinski definition) is 3. The van der Waals surface area contributed by atoms with Crippen molar-refractivity contribution in [2.24, 2.45) is 47.3 Å². The Morgan fingerprint density at radius 1 is 1.06 bits per heavy atom. The van der Waals surface area contributed by atoms with Gasteiger partial charge in [-0.25, -0.2) is 4.79 Å². The Kier molecular flexibility index (Phi) is 1.11. The molecule has 4 heteroatoms. The highest BCUT2D eigenvalue weighted by Gasteiger charge is 2.80. The quantitative estimate of drug-likeness (QED) is 0.702. The number of rotatable bonds is 1. The third-order valence-corrected chi connectivity index (χ3v) is 6.32. The molecule has 4 nitrogen and oxygen atoms in total. The molecule has 4 saturated carbocycles. The van der Waals surface area contributed by atoms with Crippen LogP contribution in [-0.4, -0.2) is 22.0 Å². The molecule has 0 saturated heterocycles. The van der Waals surface area contributed by atoms with E-state index in [4.69, 9.17) is 0 Å². The third-order valence-electron chi connectivity index (χ3n) is 6.32. The van der Waals surface area contributed by atoms with Crippen LogP contribution in [0.2, 0.25) is 0 Å². The first-order valence-electron chi connectivity index (χ1n) is 6.33. The number of aliphatic hydroxyl groups is 1. The highest BCUT2D eigenvalue weighted by Crippen LogP contribution is 2.79. The van der Waals surface area contributed by atoms with Crippen LogP contribution in [0.15, 0.2) is 11.3 Å². The molecule has 0 spiro atoms. The summed E-state index contributed by atoms with van der Waals surface area (Å²) in [5.41, 5.74) is 0.178. The zero-order chi connectivity index (χ0) is 11.6. The lowest BCUT2D eigenvalue weighted by Crippen LogP contribution is -2.52. The number of carboxylic acid groups (broad SMARTS) is 1. The molecule has 0 heterocycles. The summed E-state index contributed by atoms with van der Waals surface area (Å²) in [7, 11) is 0. The molecular formula is C13H12O4. The molecule has 88 valence electrons. The number of fused-ring (bicyclic) bond motifs is 2. The maximum absolute atomic E-state index is 12.3. The molecule has 5 aliphatic carbocycles. The highest BCUT2D eigenvalue weighted by molar-refractivity contribution is 5.97. The number of carbonyl (C=O) groups is 2. The van der Waals surface area contributed by atoms with Crippen LogP contribution < -0.4 is 0 Å². The Morgan fingerprint density at radius 3 is 2.41 bits per heavy atom. The number of carboxylic acids is 1. The average molecular weight is 232 g/mol. The van der Waals surface area contributed by atoms with Crippen LogP contribution in [0.4, 0.5) is 0 Å². The van der Waals surface area contributed by atoms with Gasteiger partial charge in [-0.1, -0.05) is 0 Å². The Bertz CT molecular complexity index is 534. The van der Waals surface area contributed by atoms with Crippen LogP contribution in [0.5, 0.6) is 0 Å². The first-order chi connectivity index (χ1) is 8.13. The van der Waals surface area contributed by atoms with E-state index < -0.39 is 5.97 Å². The molecular weight excluding hydrogens is 220 g/mol. The van der Waals surface area contributed by atoms with Crippen molar-refractivity contribution < 1.29 is 19.8 Å². The van der Waals surface area contributed by atoms with Crippen molar-refractivity contribution in [3.05, 3.63) is 11.3 Å². The van der Waals surface area contributed by atoms with Crippen LogP contribution in [-0.2, 0) is 9.59 Å². The van der Waals surface area contributed by atoms with E-state index in [2.05, 4.69) is 0 Å². The molecule has 8 unspecified atom stereocenters. The summed E-state index contributed by atoms with van der Waals surface area (Å²) in [4.78, 5) is 23.6. The zero-order valence-corrected chi connectivity index (χ0v) is 9.04. The zero-order valence-electron chi connectivity index (χ0n) is 9.04. The van der Waals surface area contributed by atoms with Crippen molar-refractivity contribution in [3.63, 3.8) is 0 Å². The first-order valence-corrected chi connectivity index (χ1v) is 6.33. The van der Waals surface area contributed by atoms with E-state index in [1.807, 2.05) is 0 Å². The lowest BCUT2D eigenvalue weighted by Gasteiger charge is -2.52. The summed E-state index contributed by atoms with van der Waals surface area (Å²) in [5, 5.41) is 19.4. The summed E-state index contributed by atoms with van der Waals surface area (Å²) in [6, 6.07) is 0. The van der Waals surface area contributed by atoms with Gasteiger partial charge in [0.05, 0.1) is 5.57 Å². The van der Waals surface area contributed by atoms with Crippen molar-refractivity contribution in [2.45, 2.75) is 6.42 Å². The number of aliphatic carboxylic acids is 1. The SMILES string of the molecule is O=C(O)C1=C(O)C2C3C(=O)C4C5CC(C14)C2C53. The first kappa shape index (κ1) is 8.72. The fourth-order valence-corrected chi connectivity index (χ4v) is 6.17. The molecule has 0 aromatic carbocycles. The molecule has 4 fully saturated rings. The predicted octanol–water partition coefficient (Wildman–Crippen LogP) is 0.840. The number of carbonyl (C=O) groups excluding carboxylic acids is 1. The van der Waals surface area contributed by atoms with Crippen molar-refractivity contribution in [2.75, 3.05) is 0 Å². The minimum atomic E-state index is -1.01. The Hall–Kier alpha value is -1.32. The molecule has 0 aromatic heterocycles. The molecule has 0 radical (unpaired) electrons. The second-order valence-electron chi connectivity index (χ2n) is 6.33. The van der Waals surface area contributed by atoms with Crippen LogP contribution in [0, 0.1) is 47.3 Å². The fourth-order valence-electron chi connectivity index (χ4n) is 6.17. The maximum Gasteiger partial charge on any atom is 0.335 e. The van der Waals surface area contributed by atoms with Gasteiger partial charge in [0.15, 0.2) is 0 Å². The molecule has 2 N–H and O–H groups in total. The summed E-state index contributed by atoms with van der Waals surface area (Å²) in [6.45, 7) is 0. The van der Waals surface area contributed by atoms with Gasteiger partial charge in [0, 0.05) is 23.7 Å². The van der Waals surface area contributed by atoms with Crippen molar-refractivity contribution in [3.8, 4) is 0 Å². The van der Waals surface area contributed by atoms with Crippen LogP contribution in [0.3, 0.4) is 0 Å². The molecule has 5 aliphatic rings. The van der Waals surface area contributed by atoms with E-state index in [1.54, 1.807) is 0 Å². The molecule has 0 aromatic rings. The Balaban J connectivity index is 1.83. The van der Waals surface area contributed by atoms with Gasteiger partial charge in [0.25, 0.3) is 0 Å². The Labute approximate surface area is 97.3 Å². The van der Waals surface area contributed by atoms with E-state index in [1.165, 1.54) is 0 Å². The van der Waals surface area contributed by atoms with Gasteiger partial charge in [0.2, 0.25) is 0 Å². The minimum Gasteiger partial charge on any atom is -0.511 e. The summed E-state index contributed by atoms with van der Waals surface area (Å²) >= 11 is 0. The van der Waals surface area contributed by atoms with Crippen LogP contribution in [0.25, 0.3) is 0 Å². The van der Waals surface area contributed by atoms with Crippen LogP contribution >= 0.6 is 0 Å². The molecule has 8 atom stereocenters. The number of hydrogen-bond donors (Lipinski definition) is 2.